The first-order valence-corrected chi connectivity index (χ1v) is 11.9. The van der Waals surface area contributed by atoms with Crippen molar-refractivity contribution in [2.75, 3.05) is 13.2 Å². The number of Topliss-reactive ketones (excluding diaryl/α,β-unsaturated/α-hetero) is 2. The first kappa shape index (κ1) is 22.3. The van der Waals surface area contributed by atoms with Crippen LogP contribution in [0.2, 0.25) is 0 Å². The van der Waals surface area contributed by atoms with Crippen LogP contribution in [-0.2, 0) is 14.4 Å². The first-order chi connectivity index (χ1) is 13.9. The topological polar surface area (TPSA) is 67.8 Å². The number of nitrogens with zero attached hydrogens (tertiary/aromatic N) is 1. The Labute approximate surface area is 186 Å². The Balaban J connectivity index is 0.00000218. The second-order valence-electron chi connectivity index (χ2n) is 11.1. The van der Waals surface area contributed by atoms with Crippen molar-refractivity contribution in [3.8, 4) is 0 Å². The van der Waals surface area contributed by atoms with Crippen LogP contribution in [0.3, 0.4) is 0 Å². The quantitative estimate of drug-likeness (QED) is 0.528. The van der Waals surface area contributed by atoms with Crippen molar-refractivity contribution in [1.29, 1.82) is 0 Å². The summed E-state index contributed by atoms with van der Waals surface area (Å²) in [5, 5.41) is 7.83. The molecule has 4 saturated carbocycles. The van der Waals surface area contributed by atoms with E-state index in [0.717, 1.165) is 44.4 Å². The van der Waals surface area contributed by atoms with Crippen LogP contribution in [0.5, 0.6) is 0 Å². The molecule has 0 spiro atoms. The molecule has 0 amide bonds. The molecule has 30 heavy (non-hydrogen) atoms. The van der Waals surface area contributed by atoms with Gasteiger partial charge in [-0.1, -0.05) is 25.4 Å². The molecule has 1 N–H and O–H groups in total. The molecule has 7 atom stereocenters. The van der Waals surface area contributed by atoms with Gasteiger partial charge >= 0.3 is 0 Å². The summed E-state index contributed by atoms with van der Waals surface area (Å²) in [5.74, 6) is 0.435. The molecule has 5 fully saturated rings. The monoisotopic (exact) mass is 436 g/mol. The van der Waals surface area contributed by atoms with Gasteiger partial charge in [-0.25, -0.2) is 0 Å². The van der Waals surface area contributed by atoms with Gasteiger partial charge in [-0.05, 0) is 87.0 Å². The highest BCUT2D eigenvalue weighted by atomic mass is 35.5. The number of rotatable bonds is 3. The highest BCUT2D eigenvalue weighted by molar-refractivity contribution is 6.40. The number of oxime groups is 1. The molecule has 5 rings (SSSR count). The summed E-state index contributed by atoms with van der Waals surface area (Å²) in [5.41, 5.74) is 1.21. The Hall–Kier alpha value is -0.940. The standard InChI is InChI=1S/C24H36N2O3.ClH/c1-23-9-3-6-17(23)20-18(8-10-23)24(2)11-7-15(13-19(24)21(27)22(20)28)26-29-14-16-5-4-12-25-16;/h16-20,25H,3-14H2,1-2H3;1H/t16-,17-,18+,19?,20-,23-,24+;/m0./s1. The lowest BCUT2D eigenvalue weighted by atomic mass is 9.44. The summed E-state index contributed by atoms with van der Waals surface area (Å²) < 4.78 is 0. The molecule has 0 aromatic rings. The van der Waals surface area contributed by atoms with Gasteiger partial charge in [-0.15, -0.1) is 12.4 Å². The van der Waals surface area contributed by atoms with Crippen molar-refractivity contribution in [2.24, 2.45) is 39.7 Å². The fourth-order valence-corrected chi connectivity index (χ4v) is 7.76. The van der Waals surface area contributed by atoms with E-state index in [1.165, 1.54) is 25.7 Å². The summed E-state index contributed by atoms with van der Waals surface area (Å²) in [6.07, 6.45) is 10.7. The van der Waals surface area contributed by atoms with Crippen molar-refractivity contribution >= 4 is 29.7 Å². The van der Waals surface area contributed by atoms with Gasteiger partial charge in [-0.2, -0.15) is 0 Å². The lowest BCUT2D eigenvalue weighted by molar-refractivity contribution is -0.164. The Morgan fingerprint density at radius 3 is 2.63 bits per heavy atom. The largest absolute Gasteiger partial charge is 0.394 e. The van der Waals surface area contributed by atoms with Gasteiger partial charge in [0.05, 0.1) is 5.71 Å². The van der Waals surface area contributed by atoms with Crippen molar-refractivity contribution in [2.45, 2.75) is 84.1 Å². The number of hydrogen-bond donors (Lipinski definition) is 1. The lowest BCUT2D eigenvalue weighted by Gasteiger charge is -2.58. The van der Waals surface area contributed by atoms with Crippen molar-refractivity contribution in [1.82, 2.24) is 5.32 Å². The van der Waals surface area contributed by atoms with Gasteiger partial charge in [0.2, 0.25) is 11.6 Å². The molecule has 0 radical (unpaired) electrons. The highest BCUT2D eigenvalue weighted by Gasteiger charge is 2.63. The van der Waals surface area contributed by atoms with Crippen molar-refractivity contribution < 1.29 is 14.4 Å². The van der Waals surface area contributed by atoms with E-state index in [1.807, 2.05) is 0 Å². The second kappa shape index (κ2) is 8.20. The zero-order valence-electron chi connectivity index (χ0n) is 18.5. The molecule has 5 aliphatic rings. The number of halogens is 1. The van der Waals surface area contributed by atoms with Crippen LogP contribution < -0.4 is 5.32 Å². The minimum atomic E-state index is -0.192. The molecule has 1 heterocycles. The van der Waals surface area contributed by atoms with E-state index in [2.05, 4.69) is 24.3 Å². The minimum Gasteiger partial charge on any atom is -0.394 e. The molecule has 168 valence electrons. The normalized spacial score (nSPS) is 46.7. The Morgan fingerprint density at radius 2 is 1.87 bits per heavy atom. The zero-order valence-corrected chi connectivity index (χ0v) is 19.3. The van der Waals surface area contributed by atoms with Gasteiger partial charge in [0.25, 0.3) is 0 Å². The molecule has 0 aromatic heterocycles. The predicted molar refractivity (Wildman–Crippen MR) is 119 cm³/mol. The van der Waals surface area contributed by atoms with Gasteiger partial charge in [-0.3, -0.25) is 9.59 Å². The summed E-state index contributed by atoms with van der Waals surface area (Å²) in [6.45, 7) is 6.33. The van der Waals surface area contributed by atoms with E-state index >= 15 is 0 Å². The first-order valence-electron chi connectivity index (χ1n) is 11.9. The number of carbonyl (C=O) groups excluding carboxylic acids is 2. The van der Waals surface area contributed by atoms with Gasteiger partial charge in [0.1, 0.15) is 6.61 Å². The number of ketones is 2. The van der Waals surface area contributed by atoms with Crippen LogP contribution in [0.25, 0.3) is 0 Å². The molecular formula is C24H37ClN2O3. The third-order valence-electron chi connectivity index (χ3n) is 9.58. The molecule has 0 bridgehead atoms. The number of carbonyl (C=O) groups is 2. The molecule has 1 unspecified atom stereocenters. The van der Waals surface area contributed by atoms with E-state index in [4.69, 9.17) is 4.84 Å². The van der Waals surface area contributed by atoms with Crippen LogP contribution in [0.1, 0.15) is 78.1 Å². The fourth-order valence-electron chi connectivity index (χ4n) is 7.76. The Morgan fingerprint density at radius 1 is 1.03 bits per heavy atom. The van der Waals surface area contributed by atoms with Gasteiger partial charge in [0.15, 0.2) is 0 Å². The van der Waals surface area contributed by atoms with E-state index in [1.54, 1.807) is 0 Å². The van der Waals surface area contributed by atoms with E-state index in [-0.39, 0.29) is 46.6 Å². The number of nitrogens with one attached hydrogen (secondary N) is 1. The third kappa shape index (κ3) is 3.44. The molecule has 6 heteroatoms. The zero-order chi connectivity index (χ0) is 20.2. The molecule has 5 nitrogen and oxygen atoms in total. The Kier molecular flexibility index (Phi) is 6.08. The van der Waals surface area contributed by atoms with Gasteiger partial charge in [0, 0.05) is 17.9 Å². The van der Waals surface area contributed by atoms with Crippen molar-refractivity contribution in [3.63, 3.8) is 0 Å². The van der Waals surface area contributed by atoms with E-state index in [9.17, 15) is 9.59 Å². The number of hydrogen-bond acceptors (Lipinski definition) is 5. The van der Waals surface area contributed by atoms with Gasteiger partial charge < -0.3 is 10.2 Å². The predicted octanol–water partition coefficient (Wildman–Crippen LogP) is 4.32. The Bertz CT molecular complexity index is 734. The summed E-state index contributed by atoms with van der Waals surface area (Å²) >= 11 is 0. The van der Waals surface area contributed by atoms with Crippen LogP contribution >= 0.6 is 12.4 Å². The summed E-state index contributed by atoms with van der Waals surface area (Å²) in [4.78, 5) is 32.2. The van der Waals surface area contributed by atoms with Crippen LogP contribution in [-0.4, -0.2) is 36.5 Å². The SMILES string of the molecule is C[C@@]12CCC[C@H]1[C@@H]1C(=O)C(=O)C3CC(=NOC[C@@H]4CCCN4)CC[C@]3(C)[C@@H]1CC2.Cl. The lowest BCUT2D eigenvalue weighted by Crippen LogP contribution is -2.60. The maximum atomic E-state index is 13.3. The van der Waals surface area contributed by atoms with E-state index in [0.29, 0.717) is 30.9 Å². The average molecular weight is 437 g/mol. The van der Waals surface area contributed by atoms with Crippen LogP contribution in [0.15, 0.2) is 5.16 Å². The molecular weight excluding hydrogens is 400 g/mol. The molecule has 1 saturated heterocycles. The summed E-state index contributed by atoms with van der Waals surface area (Å²) in [6, 6.07) is 0.398. The van der Waals surface area contributed by atoms with E-state index < -0.39 is 0 Å². The maximum absolute atomic E-state index is 13.3. The smallest absolute Gasteiger partial charge is 0.202 e. The van der Waals surface area contributed by atoms with Crippen LogP contribution in [0.4, 0.5) is 0 Å². The summed E-state index contributed by atoms with van der Waals surface area (Å²) in [7, 11) is 0. The average Bonchev–Trinajstić information content (AvgIpc) is 3.35. The van der Waals surface area contributed by atoms with Crippen LogP contribution in [0, 0.1) is 34.5 Å². The highest BCUT2D eigenvalue weighted by Crippen LogP contribution is 2.64. The molecule has 4 aliphatic carbocycles. The maximum Gasteiger partial charge on any atom is 0.202 e. The van der Waals surface area contributed by atoms with Crippen molar-refractivity contribution in [3.05, 3.63) is 0 Å². The molecule has 1 aliphatic heterocycles. The third-order valence-corrected chi connectivity index (χ3v) is 9.58. The molecule has 0 aromatic carbocycles. The second-order valence-corrected chi connectivity index (χ2v) is 11.1. The minimum absolute atomic E-state index is 0. The fraction of sp³-hybridized carbons (Fsp3) is 0.875. The number of fused-ring (bicyclic) bond motifs is 5.